The molecule has 0 spiro atoms. The van der Waals surface area contributed by atoms with Gasteiger partial charge in [0.15, 0.2) is 0 Å². The van der Waals surface area contributed by atoms with E-state index in [9.17, 15) is 4.79 Å². The van der Waals surface area contributed by atoms with Gasteiger partial charge < -0.3 is 0 Å². The lowest BCUT2D eigenvalue weighted by Gasteiger charge is -2.39. The number of anilines is 1. The number of halogens is 1. The van der Waals surface area contributed by atoms with Gasteiger partial charge in [0.25, 0.3) is 0 Å². The number of hydrogen-bond donors (Lipinski definition) is 0. The molecular formula is C20H22ClN3O. The van der Waals surface area contributed by atoms with Crippen LogP contribution < -0.4 is 5.01 Å². The molecule has 1 heterocycles. The fraction of sp³-hybridized carbons (Fsp3) is 0.250. The third-order valence-electron chi connectivity index (χ3n) is 4.32. The summed E-state index contributed by atoms with van der Waals surface area (Å²) in [5.41, 5.74) is 2.06. The number of hydrogen-bond acceptors (Lipinski definition) is 3. The van der Waals surface area contributed by atoms with Gasteiger partial charge in [-0.3, -0.25) is 9.69 Å². The number of amides is 1. The van der Waals surface area contributed by atoms with Crippen LogP contribution in [0.5, 0.6) is 0 Å². The molecule has 0 aliphatic carbocycles. The van der Waals surface area contributed by atoms with E-state index in [1.807, 2.05) is 30.3 Å². The molecule has 25 heavy (non-hydrogen) atoms. The maximum absolute atomic E-state index is 11.5. The van der Waals surface area contributed by atoms with Crippen molar-refractivity contribution >= 4 is 29.8 Å². The maximum Gasteiger partial charge on any atom is 0.228 e. The lowest BCUT2D eigenvalue weighted by atomic mass is 10.2. The predicted molar refractivity (Wildman–Crippen MR) is 103 cm³/mol. The van der Waals surface area contributed by atoms with Gasteiger partial charge in [0.1, 0.15) is 0 Å². The molecule has 0 N–H and O–H groups in total. The van der Waals surface area contributed by atoms with Crippen molar-refractivity contribution in [2.75, 3.05) is 37.7 Å². The van der Waals surface area contributed by atoms with E-state index >= 15 is 0 Å². The summed E-state index contributed by atoms with van der Waals surface area (Å²) in [6.45, 7) is 4.42. The second kappa shape index (κ2) is 8.81. The molecule has 1 aliphatic heterocycles. The van der Waals surface area contributed by atoms with Crippen LogP contribution in [0.3, 0.4) is 0 Å². The van der Waals surface area contributed by atoms with Crippen molar-refractivity contribution in [3.05, 3.63) is 71.3 Å². The minimum absolute atomic E-state index is 0.671. The van der Waals surface area contributed by atoms with Crippen molar-refractivity contribution in [3.63, 3.8) is 0 Å². The quantitative estimate of drug-likeness (QED) is 0.741. The fourth-order valence-corrected chi connectivity index (χ4v) is 3.05. The Kier molecular flexibility index (Phi) is 6.23. The Morgan fingerprint density at radius 2 is 1.64 bits per heavy atom. The molecule has 4 nitrogen and oxygen atoms in total. The molecule has 0 bridgehead atoms. The van der Waals surface area contributed by atoms with Gasteiger partial charge in [-0.25, -0.2) is 10.0 Å². The van der Waals surface area contributed by atoms with Gasteiger partial charge in [-0.1, -0.05) is 54.1 Å². The summed E-state index contributed by atoms with van der Waals surface area (Å²) in [7, 11) is 0. The molecule has 0 radical (unpaired) electrons. The smallest absolute Gasteiger partial charge is 0.228 e. The highest BCUT2D eigenvalue weighted by molar-refractivity contribution is 6.30. The minimum Gasteiger partial charge on any atom is -0.297 e. The van der Waals surface area contributed by atoms with Crippen LogP contribution >= 0.6 is 11.6 Å². The SMILES string of the molecule is O=CN(c1ccc(Cl)cc1)N1CCN(CC=Cc2ccccc2)CC1. The van der Waals surface area contributed by atoms with Crippen LogP contribution in [0.15, 0.2) is 60.7 Å². The van der Waals surface area contributed by atoms with Crippen LogP contribution in [0.1, 0.15) is 5.56 Å². The maximum atomic E-state index is 11.5. The molecule has 1 saturated heterocycles. The van der Waals surface area contributed by atoms with Crippen molar-refractivity contribution < 1.29 is 4.79 Å². The summed E-state index contributed by atoms with van der Waals surface area (Å²) >= 11 is 5.92. The van der Waals surface area contributed by atoms with Crippen LogP contribution in [-0.2, 0) is 4.79 Å². The topological polar surface area (TPSA) is 26.8 Å². The molecule has 3 rings (SSSR count). The normalized spacial score (nSPS) is 16.2. The van der Waals surface area contributed by atoms with E-state index in [4.69, 9.17) is 11.6 Å². The second-order valence-corrected chi connectivity index (χ2v) is 6.43. The van der Waals surface area contributed by atoms with Crippen LogP contribution in [-0.4, -0.2) is 49.0 Å². The van der Waals surface area contributed by atoms with Gasteiger partial charge in [-0.15, -0.1) is 0 Å². The number of carbonyl (C=O) groups is 1. The van der Waals surface area contributed by atoms with Crippen molar-refractivity contribution in [1.82, 2.24) is 9.91 Å². The van der Waals surface area contributed by atoms with E-state index in [1.54, 1.807) is 17.1 Å². The highest BCUT2D eigenvalue weighted by atomic mass is 35.5. The largest absolute Gasteiger partial charge is 0.297 e. The summed E-state index contributed by atoms with van der Waals surface area (Å²) in [4.78, 5) is 13.9. The molecule has 2 aromatic rings. The monoisotopic (exact) mass is 355 g/mol. The zero-order chi connectivity index (χ0) is 17.5. The van der Waals surface area contributed by atoms with Crippen LogP contribution in [0.2, 0.25) is 5.02 Å². The third kappa shape index (κ3) is 4.92. The molecule has 1 fully saturated rings. The first-order valence-electron chi connectivity index (χ1n) is 8.45. The van der Waals surface area contributed by atoms with Crippen LogP contribution in [0.4, 0.5) is 5.69 Å². The number of benzene rings is 2. The minimum atomic E-state index is 0.671. The number of rotatable bonds is 6. The summed E-state index contributed by atoms with van der Waals surface area (Å²) in [5.74, 6) is 0. The summed E-state index contributed by atoms with van der Waals surface area (Å²) < 4.78 is 0. The van der Waals surface area contributed by atoms with Gasteiger partial charge in [-0.2, -0.15) is 0 Å². The number of nitrogens with zero attached hydrogens (tertiary/aromatic N) is 3. The first-order chi connectivity index (χ1) is 12.3. The van der Waals surface area contributed by atoms with Gasteiger partial charge in [0, 0.05) is 37.7 Å². The first-order valence-corrected chi connectivity index (χ1v) is 8.83. The molecular weight excluding hydrogens is 334 g/mol. The average molecular weight is 356 g/mol. The standard InChI is InChI=1S/C20H22ClN3O/c21-19-8-10-20(11-9-19)24(17-25)23-15-13-22(14-16-23)12-4-7-18-5-2-1-3-6-18/h1-11,17H,12-16H2. The summed E-state index contributed by atoms with van der Waals surface area (Å²) in [5, 5.41) is 4.42. The average Bonchev–Trinajstić information content (AvgIpc) is 2.66. The second-order valence-electron chi connectivity index (χ2n) is 5.99. The molecule has 1 aliphatic rings. The predicted octanol–water partition coefficient (Wildman–Crippen LogP) is 3.55. The Hall–Kier alpha value is -2.14. The van der Waals surface area contributed by atoms with Gasteiger partial charge >= 0.3 is 0 Å². The van der Waals surface area contributed by atoms with Crippen molar-refractivity contribution in [1.29, 1.82) is 0 Å². The Bertz CT molecular complexity index is 695. The molecule has 130 valence electrons. The molecule has 0 unspecified atom stereocenters. The van der Waals surface area contributed by atoms with E-state index in [0.717, 1.165) is 44.8 Å². The molecule has 2 aromatic carbocycles. The summed E-state index contributed by atoms with van der Waals surface area (Å²) in [6.07, 6.45) is 5.22. The summed E-state index contributed by atoms with van der Waals surface area (Å²) in [6, 6.07) is 17.7. The van der Waals surface area contributed by atoms with E-state index < -0.39 is 0 Å². The van der Waals surface area contributed by atoms with E-state index in [1.165, 1.54) is 5.56 Å². The lowest BCUT2D eigenvalue weighted by molar-refractivity contribution is -0.110. The Morgan fingerprint density at radius 3 is 2.28 bits per heavy atom. The Labute approximate surface area is 153 Å². The fourth-order valence-electron chi connectivity index (χ4n) is 2.92. The first kappa shape index (κ1) is 17.7. The number of hydrazine groups is 1. The van der Waals surface area contributed by atoms with E-state index in [2.05, 4.69) is 34.2 Å². The molecule has 0 aromatic heterocycles. The number of piperazine rings is 1. The Balaban J connectivity index is 1.51. The molecule has 5 heteroatoms. The van der Waals surface area contributed by atoms with Crippen molar-refractivity contribution in [2.45, 2.75) is 0 Å². The van der Waals surface area contributed by atoms with E-state index in [-0.39, 0.29) is 0 Å². The highest BCUT2D eigenvalue weighted by Crippen LogP contribution is 2.19. The molecule has 1 amide bonds. The van der Waals surface area contributed by atoms with Gasteiger partial charge in [0.05, 0.1) is 5.69 Å². The Morgan fingerprint density at radius 1 is 0.960 bits per heavy atom. The highest BCUT2D eigenvalue weighted by Gasteiger charge is 2.21. The van der Waals surface area contributed by atoms with Crippen molar-refractivity contribution in [2.24, 2.45) is 0 Å². The molecule has 0 saturated carbocycles. The zero-order valence-corrected chi connectivity index (χ0v) is 14.8. The zero-order valence-electron chi connectivity index (χ0n) is 14.1. The van der Waals surface area contributed by atoms with E-state index in [0.29, 0.717) is 5.02 Å². The lowest BCUT2D eigenvalue weighted by Crippen LogP contribution is -2.53. The number of carbonyl (C=O) groups excluding carboxylic acids is 1. The van der Waals surface area contributed by atoms with Crippen molar-refractivity contribution in [3.8, 4) is 0 Å². The van der Waals surface area contributed by atoms with Crippen LogP contribution in [0, 0.1) is 0 Å². The van der Waals surface area contributed by atoms with Crippen LogP contribution in [0.25, 0.3) is 6.08 Å². The third-order valence-corrected chi connectivity index (χ3v) is 4.57. The molecule has 0 atom stereocenters. The van der Waals surface area contributed by atoms with Gasteiger partial charge in [-0.05, 0) is 29.8 Å². The van der Waals surface area contributed by atoms with Gasteiger partial charge in [0.2, 0.25) is 6.41 Å².